The fourth-order valence-corrected chi connectivity index (χ4v) is 3.17. The Bertz CT molecular complexity index is 1160. The first-order valence-electron chi connectivity index (χ1n) is 8.19. The van der Waals surface area contributed by atoms with Crippen LogP contribution in [0.3, 0.4) is 0 Å². The van der Waals surface area contributed by atoms with Crippen LogP contribution in [-0.2, 0) is 0 Å². The van der Waals surface area contributed by atoms with Gasteiger partial charge in [0.25, 0.3) is 5.91 Å². The van der Waals surface area contributed by atoms with E-state index in [1.807, 2.05) is 66.7 Å². The van der Waals surface area contributed by atoms with Crippen molar-refractivity contribution in [1.29, 1.82) is 0 Å². The quantitative estimate of drug-likeness (QED) is 0.498. The van der Waals surface area contributed by atoms with Gasteiger partial charge in [0, 0.05) is 16.5 Å². The monoisotopic (exact) mass is 340 g/mol. The van der Waals surface area contributed by atoms with Gasteiger partial charge in [-0.05, 0) is 29.6 Å². The Kier molecular flexibility index (Phi) is 3.86. The molecule has 0 radical (unpaired) electrons. The van der Waals surface area contributed by atoms with Gasteiger partial charge in [-0.1, -0.05) is 60.7 Å². The molecule has 0 aliphatic rings. The number of phenolic OH excluding ortho intramolecular Hbond substituents is 1. The van der Waals surface area contributed by atoms with E-state index in [-0.39, 0.29) is 11.3 Å². The Labute approximate surface area is 150 Å². The van der Waals surface area contributed by atoms with Crippen LogP contribution in [0.5, 0.6) is 5.75 Å². The second-order valence-corrected chi connectivity index (χ2v) is 5.98. The molecule has 0 aromatic heterocycles. The maximum absolute atomic E-state index is 12.9. The van der Waals surface area contributed by atoms with Crippen molar-refractivity contribution in [3.8, 4) is 5.75 Å². The molecular weight excluding hydrogens is 324 g/mol. The Morgan fingerprint density at radius 2 is 1.54 bits per heavy atom. The number of hydrogen-bond acceptors (Lipinski definition) is 3. The zero-order chi connectivity index (χ0) is 18.1. The van der Waals surface area contributed by atoms with Crippen LogP contribution in [0.4, 0.5) is 11.4 Å². The Morgan fingerprint density at radius 3 is 2.31 bits per heavy atom. The summed E-state index contributed by atoms with van der Waals surface area (Å²) in [7, 11) is 0. The summed E-state index contributed by atoms with van der Waals surface area (Å²) < 4.78 is 0. The number of phenols is 1. The number of aliphatic imine (C=N–C) groups is 1. The van der Waals surface area contributed by atoms with Crippen LogP contribution in [0.15, 0.2) is 77.8 Å². The lowest BCUT2D eigenvalue weighted by atomic mass is 10.0. The second-order valence-electron chi connectivity index (χ2n) is 5.98. The third-order valence-corrected chi connectivity index (χ3v) is 4.44. The maximum Gasteiger partial charge on any atom is 0.259 e. The van der Waals surface area contributed by atoms with E-state index in [9.17, 15) is 9.90 Å². The van der Waals surface area contributed by atoms with Crippen molar-refractivity contribution in [2.75, 3.05) is 5.32 Å². The van der Waals surface area contributed by atoms with Crippen LogP contribution < -0.4 is 5.32 Å². The van der Waals surface area contributed by atoms with Gasteiger partial charge in [0.2, 0.25) is 0 Å². The van der Waals surface area contributed by atoms with E-state index in [0.717, 1.165) is 21.5 Å². The van der Waals surface area contributed by atoms with Gasteiger partial charge in [0.15, 0.2) is 5.75 Å². The molecule has 126 valence electrons. The smallest absolute Gasteiger partial charge is 0.259 e. The summed E-state index contributed by atoms with van der Waals surface area (Å²) in [5.74, 6) is -0.564. The van der Waals surface area contributed by atoms with Crippen LogP contribution >= 0.6 is 0 Å². The summed E-state index contributed by atoms with van der Waals surface area (Å²) in [6.07, 6.45) is 0. The largest absolute Gasteiger partial charge is 0.505 e. The highest BCUT2D eigenvalue weighted by Crippen LogP contribution is 2.38. The van der Waals surface area contributed by atoms with Gasteiger partial charge in [0.05, 0.1) is 5.56 Å². The molecule has 0 spiro atoms. The van der Waals surface area contributed by atoms with Crippen LogP contribution in [-0.4, -0.2) is 17.7 Å². The van der Waals surface area contributed by atoms with Crippen molar-refractivity contribution in [2.45, 2.75) is 0 Å². The molecule has 1 amide bonds. The summed E-state index contributed by atoms with van der Waals surface area (Å²) >= 11 is 0. The minimum Gasteiger partial charge on any atom is -0.505 e. The van der Waals surface area contributed by atoms with Crippen LogP contribution in [0, 0.1) is 0 Å². The molecule has 0 atom stereocenters. The highest BCUT2D eigenvalue weighted by Gasteiger charge is 2.18. The number of amides is 1. The average Bonchev–Trinajstić information content (AvgIpc) is 2.68. The lowest BCUT2D eigenvalue weighted by Crippen LogP contribution is -2.12. The van der Waals surface area contributed by atoms with Crippen molar-refractivity contribution < 1.29 is 9.90 Å². The van der Waals surface area contributed by atoms with Crippen molar-refractivity contribution in [1.82, 2.24) is 0 Å². The van der Waals surface area contributed by atoms with Crippen LogP contribution in [0.1, 0.15) is 10.4 Å². The molecule has 0 aliphatic heterocycles. The SMILES string of the molecule is C=Nc1c(O)c(C(=O)Nc2cccc3ccccc23)cc2ccccc12. The molecule has 0 unspecified atom stereocenters. The predicted molar refractivity (Wildman–Crippen MR) is 107 cm³/mol. The van der Waals surface area contributed by atoms with Gasteiger partial charge in [0.1, 0.15) is 5.69 Å². The Morgan fingerprint density at radius 1 is 0.885 bits per heavy atom. The molecule has 0 saturated carbocycles. The van der Waals surface area contributed by atoms with Gasteiger partial charge in [-0.25, -0.2) is 0 Å². The molecule has 4 aromatic rings. The average molecular weight is 340 g/mol. The van der Waals surface area contributed by atoms with Crippen molar-refractivity contribution in [3.63, 3.8) is 0 Å². The van der Waals surface area contributed by atoms with Crippen LogP contribution in [0.25, 0.3) is 21.5 Å². The highest BCUT2D eigenvalue weighted by molar-refractivity contribution is 6.14. The van der Waals surface area contributed by atoms with E-state index < -0.39 is 5.91 Å². The number of fused-ring (bicyclic) bond motifs is 2. The van der Waals surface area contributed by atoms with E-state index in [4.69, 9.17) is 0 Å². The molecule has 0 heterocycles. The lowest BCUT2D eigenvalue weighted by Gasteiger charge is -2.12. The second kappa shape index (κ2) is 6.33. The van der Waals surface area contributed by atoms with Crippen molar-refractivity contribution in [2.24, 2.45) is 4.99 Å². The molecule has 4 heteroatoms. The van der Waals surface area contributed by atoms with Gasteiger partial charge in [-0.15, -0.1) is 0 Å². The van der Waals surface area contributed by atoms with Gasteiger partial charge >= 0.3 is 0 Å². The van der Waals surface area contributed by atoms with Crippen LogP contribution in [0.2, 0.25) is 0 Å². The third-order valence-electron chi connectivity index (χ3n) is 4.44. The molecule has 4 nitrogen and oxygen atoms in total. The number of anilines is 1. The zero-order valence-electron chi connectivity index (χ0n) is 13.9. The number of nitrogens with zero attached hydrogens (tertiary/aromatic N) is 1. The minimum atomic E-state index is -0.394. The summed E-state index contributed by atoms with van der Waals surface area (Å²) in [6.45, 7) is 3.53. The molecule has 4 aromatic carbocycles. The van der Waals surface area contributed by atoms with Crippen molar-refractivity contribution >= 4 is 45.5 Å². The summed E-state index contributed by atoms with van der Waals surface area (Å²) in [5, 5.41) is 17.0. The number of carbonyl (C=O) groups excluding carboxylic acids is 1. The van der Waals surface area contributed by atoms with E-state index >= 15 is 0 Å². The fourth-order valence-electron chi connectivity index (χ4n) is 3.17. The topological polar surface area (TPSA) is 61.7 Å². The molecule has 2 N–H and O–H groups in total. The van der Waals surface area contributed by atoms with Gasteiger partial charge in [-0.2, -0.15) is 0 Å². The zero-order valence-corrected chi connectivity index (χ0v) is 13.9. The maximum atomic E-state index is 12.9. The number of hydrogen-bond donors (Lipinski definition) is 2. The number of nitrogens with one attached hydrogen (secondary N) is 1. The van der Waals surface area contributed by atoms with E-state index in [1.54, 1.807) is 6.07 Å². The van der Waals surface area contributed by atoms with E-state index in [2.05, 4.69) is 17.0 Å². The molecule has 26 heavy (non-hydrogen) atoms. The Hall–Kier alpha value is -3.66. The Balaban J connectivity index is 1.81. The number of benzene rings is 4. The molecular formula is C22H16N2O2. The number of rotatable bonds is 3. The molecule has 0 bridgehead atoms. The number of aromatic hydroxyl groups is 1. The molecule has 0 fully saturated rings. The third kappa shape index (κ3) is 2.58. The van der Waals surface area contributed by atoms with Gasteiger partial charge < -0.3 is 10.4 Å². The standard InChI is InChI=1S/C22H16N2O2/c1-23-20-17-11-5-3-8-15(17)13-18(21(20)25)22(26)24-19-12-6-9-14-7-2-4-10-16(14)19/h2-13,25H,1H2,(H,24,26). The normalized spacial score (nSPS) is 10.8. The summed E-state index contributed by atoms with van der Waals surface area (Å²) in [5.41, 5.74) is 1.17. The van der Waals surface area contributed by atoms with E-state index in [0.29, 0.717) is 11.4 Å². The van der Waals surface area contributed by atoms with E-state index in [1.165, 1.54) is 0 Å². The number of carbonyl (C=O) groups is 1. The predicted octanol–water partition coefficient (Wildman–Crippen LogP) is 5.28. The first-order chi connectivity index (χ1) is 12.7. The summed E-state index contributed by atoms with van der Waals surface area (Å²) in [6, 6.07) is 22.6. The highest BCUT2D eigenvalue weighted by atomic mass is 16.3. The fraction of sp³-hybridized carbons (Fsp3) is 0. The summed E-state index contributed by atoms with van der Waals surface area (Å²) in [4.78, 5) is 16.8. The first-order valence-corrected chi connectivity index (χ1v) is 8.19. The minimum absolute atomic E-state index is 0.166. The first kappa shape index (κ1) is 15.8. The molecule has 0 aliphatic carbocycles. The lowest BCUT2D eigenvalue weighted by molar-refractivity contribution is 0.102. The van der Waals surface area contributed by atoms with Gasteiger partial charge in [-0.3, -0.25) is 9.79 Å². The molecule has 0 saturated heterocycles. The molecule has 4 rings (SSSR count). The van der Waals surface area contributed by atoms with Crippen molar-refractivity contribution in [3.05, 3.63) is 78.4 Å².